The number of nitro groups is 1. The smallest absolute Gasteiger partial charge is 0.406 e. The van der Waals surface area contributed by atoms with Gasteiger partial charge in [-0.05, 0) is 41.8 Å². The minimum atomic E-state index is -0.958. The van der Waals surface area contributed by atoms with Crippen LogP contribution in [0.25, 0.3) is 0 Å². The maximum atomic E-state index is 12.7. The fraction of sp³-hybridized carbons (Fsp3) is 0.588. The second kappa shape index (κ2) is 7.47. The Hall–Kier alpha value is -2.69. The monoisotopic (exact) mass is 346 g/mol. The van der Waals surface area contributed by atoms with Crippen LogP contribution in [0.1, 0.15) is 44.7 Å². The number of carbonyl (C=O) groups is 1. The summed E-state index contributed by atoms with van der Waals surface area (Å²) in [6.07, 6.45) is 3.15. The number of rotatable bonds is 5. The lowest BCUT2D eigenvalue weighted by atomic mass is 9.81. The molecule has 8 heteroatoms. The van der Waals surface area contributed by atoms with Gasteiger partial charge in [-0.25, -0.2) is 0 Å². The Morgan fingerprint density at radius 3 is 2.64 bits per heavy atom. The van der Waals surface area contributed by atoms with E-state index in [1.165, 1.54) is 17.9 Å². The molecule has 134 valence electrons. The number of nitrogens with zero attached hydrogens (tertiary/aromatic N) is 4. The van der Waals surface area contributed by atoms with Crippen molar-refractivity contribution in [3.63, 3.8) is 0 Å². The van der Waals surface area contributed by atoms with Gasteiger partial charge in [-0.2, -0.15) is 5.26 Å². The Morgan fingerprint density at radius 2 is 2.08 bits per heavy atom. The fourth-order valence-electron chi connectivity index (χ4n) is 3.14. The zero-order valence-electron chi connectivity index (χ0n) is 14.7. The van der Waals surface area contributed by atoms with Crippen LogP contribution in [-0.4, -0.2) is 39.4 Å². The van der Waals surface area contributed by atoms with Crippen molar-refractivity contribution in [2.24, 2.45) is 0 Å². The van der Waals surface area contributed by atoms with Crippen LogP contribution >= 0.6 is 0 Å². The summed E-state index contributed by atoms with van der Waals surface area (Å²) in [4.78, 5) is 28.5. The highest BCUT2D eigenvalue weighted by Gasteiger charge is 2.40. The molecule has 1 aliphatic rings. The van der Waals surface area contributed by atoms with Crippen molar-refractivity contribution in [2.45, 2.75) is 57.6 Å². The van der Waals surface area contributed by atoms with Crippen LogP contribution < -0.4 is 4.74 Å². The van der Waals surface area contributed by atoms with E-state index < -0.39 is 22.4 Å². The number of hydrogen-bond acceptors (Lipinski definition) is 6. The summed E-state index contributed by atoms with van der Waals surface area (Å²) >= 11 is 0. The van der Waals surface area contributed by atoms with Gasteiger partial charge in [0, 0.05) is 14.0 Å². The van der Waals surface area contributed by atoms with Crippen molar-refractivity contribution in [3.05, 3.63) is 27.9 Å². The van der Waals surface area contributed by atoms with Gasteiger partial charge < -0.3 is 19.8 Å². The molecule has 0 unspecified atom stereocenters. The third kappa shape index (κ3) is 3.87. The first kappa shape index (κ1) is 18.6. The number of likely N-dealkylation sites (N-methyl/N-ethyl adjacent to an activating group) is 1. The van der Waals surface area contributed by atoms with Gasteiger partial charge in [0.1, 0.15) is 11.2 Å². The zero-order chi connectivity index (χ0) is 18.6. The summed E-state index contributed by atoms with van der Waals surface area (Å²) in [5, 5.41) is 20.7. The molecular weight excluding hydrogens is 324 g/mol. The van der Waals surface area contributed by atoms with E-state index in [0.717, 1.165) is 19.3 Å². The van der Waals surface area contributed by atoms with Crippen molar-refractivity contribution in [3.8, 4) is 11.8 Å². The first-order valence-corrected chi connectivity index (χ1v) is 8.28. The van der Waals surface area contributed by atoms with Gasteiger partial charge in [0.25, 0.3) is 5.91 Å². The quantitative estimate of drug-likeness (QED) is 0.599. The molecule has 1 heterocycles. The first-order chi connectivity index (χ1) is 11.8. The molecule has 1 aromatic rings. The third-order valence-electron chi connectivity index (χ3n) is 4.66. The zero-order valence-corrected chi connectivity index (χ0v) is 14.7. The highest BCUT2D eigenvalue weighted by Crippen LogP contribution is 2.33. The molecule has 0 bridgehead atoms. The van der Waals surface area contributed by atoms with E-state index in [0.29, 0.717) is 18.5 Å². The van der Waals surface area contributed by atoms with Crippen LogP contribution in [0.3, 0.4) is 0 Å². The minimum Gasteiger partial charge on any atom is -0.473 e. The number of pyridine rings is 1. The lowest BCUT2D eigenvalue weighted by molar-refractivity contribution is -0.390. The molecule has 8 nitrogen and oxygen atoms in total. The van der Waals surface area contributed by atoms with E-state index in [4.69, 9.17) is 4.74 Å². The number of ether oxygens (including phenoxy) is 1. The van der Waals surface area contributed by atoms with Gasteiger partial charge in [-0.15, -0.1) is 0 Å². The van der Waals surface area contributed by atoms with Crippen LogP contribution in [-0.2, 0) is 4.79 Å². The van der Waals surface area contributed by atoms with Crippen molar-refractivity contribution < 1.29 is 14.5 Å². The van der Waals surface area contributed by atoms with Gasteiger partial charge in [0.2, 0.25) is 5.75 Å². The molecule has 1 amide bonds. The average molecular weight is 346 g/mol. The highest BCUT2D eigenvalue weighted by molar-refractivity contribution is 5.82. The van der Waals surface area contributed by atoms with Crippen molar-refractivity contribution >= 4 is 11.7 Å². The van der Waals surface area contributed by atoms with Gasteiger partial charge in [0.05, 0.1) is 6.07 Å². The maximum absolute atomic E-state index is 12.7. The molecule has 0 aliphatic heterocycles. The molecule has 0 spiro atoms. The van der Waals surface area contributed by atoms with E-state index in [-0.39, 0.29) is 11.7 Å². The lowest BCUT2D eigenvalue weighted by Crippen LogP contribution is -2.53. The number of hydrogen-bond donors (Lipinski definition) is 0. The molecule has 0 saturated heterocycles. The number of aryl methyl sites for hydroxylation is 1. The Balaban J connectivity index is 2.18. The standard InChI is InChI=1S/C17H22N4O4/c1-12-7-8-14(15(19-12)21(23)24)25-13(2)16(22)20(3)17(11-18)9-5-4-6-10-17/h7-8,13H,4-6,9-10H2,1-3H3/t13-/m1/s1. The van der Waals surface area contributed by atoms with Gasteiger partial charge in [0.15, 0.2) is 6.10 Å². The van der Waals surface area contributed by atoms with E-state index in [1.807, 2.05) is 0 Å². The summed E-state index contributed by atoms with van der Waals surface area (Å²) in [5.41, 5.74) is -0.342. The van der Waals surface area contributed by atoms with Gasteiger partial charge in [-0.3, -0.25) is 4.79 Å². The average Bonchev–Trinajstić information content (AvgIpc) is 2.62. The number of carbonyl (C=O) groups excluding carboxylic acids is 1. The molecule has 1 fully saturated rings. The summed E-state index contributed by atoms with van der Waals surface area (Å²) < 4.78 is 5.52. The van der Waals surface area contributed by atoms with Crippen LogP contribution in [0.4, 0.5) is 5.82 Å². The Bertz CT molecular complexity index is 707. The van der Waals surface area contributed by atoms with Crippen molar-refractivity contribution in [1.82, 2.24) is 9.88 Å². The molecule has 0 aromatic carbocycles. The van der Waals surface area contributed by atoms with E-state index >= 15 is 0 Å². The summed E-state index contributed by atoms with van der Waals surface area (Å²) in [6.45, 7) is 3.16. The molecule has 2 rings (SSSR count). The summed E-state index contributed by atoms with van der Waals surface area (Å²) in [7, 11) is 1.60. The topological polar surface area (TPSA) is 109 Å². The molecule has 0 radical (unpaired) electrons. The van der Waals surface area contributed by atoms with Gasteiger partial charge >= 0.3 is 5.82 Å². The molecule has 1 atom stereocenters. The number of amides is 1. The SMILES string of the molecule is Cc1ccc(O[C@H](C)C(=O)N(C)C2(C#N)CCCCC2)c([N+](=O)[O-])n1. The fourth-order valence-corrected chi connectivity index (χ4v) is 3.14. The van der Waals surface area contributed by atoms with E-state index in [2.05, 4.69) is 11.1 Å². The van der Waals surface area contributed by atoms with Crippen LogP contribution in [0.5, 0.6) is 5.75 Å². The predicted octanol–water partition coefficient (Wildman–Crippen LogP) is 2.75. The molecular formula is C17H22N4O4. The third-order valence-corrected chi connectivity index (χ3v) is 4.66. The molecule has 25 heavy (non-hydrogen) atoms. The molecule has 1 aromatic heterocycles. The molecule has 1 aliphatic carbocycles. The lowest BCUT2D eigenvalue weighted by Gasteiger charge is -2.39. The second-order valence-electron chi connectivity index (χ2n) is 6.39. The minimum absolute atomic E-state index is 0.0560. The summed E-state index contributed by atoms with van der Waals surface area (Å²) in [6, 6.07) is 5.30. The Morgan fingerprint density at radius 1 is 1.44 bits per heavy atom. The van der Waals surface area contributed by atoms with E-state index in [1.54, 1.807) is 20.0 Å². The van der Waals surface area contributed by atoms with Crippen LogP contribution in [0.15, 0.2) is 12.1 Å². The second-order valence-corrected chi connectivity index (χ2v) is 6.39. The van der Waals surface area contributed by atoms with Crippen LogP contribution in [0, 0.1) is 28.4 Å². The Kier molecular flexibility index (Phi) is 5.57. The normalized spacial score (nSPS) is 17.2. The Labute approximate surface area is 146 Å². The number of aromatic nitrogens is 1. The van der Waals surface area contributed by atoms with Crippen molar-refractivity contribution in [1.29, 1.82) is 5.26 Å². The molecule has 0 N–H and O–H groups in total. The largest absolute Gasteiger partial charge is 0.473 e. The van der Waals surface area contributed by atoms with Crippen molar-refractivity contribution in [2.75, 3.05) is 7.05 Å². The first-order valence-electron chi connectivity index (χ1n) is 8.28. The predicted molar refractivity (Wildman–Crippen MR) is 89.9 cm³/mol. The summed E-state index contributed by atoms with van der Waals surface area (Å²) in [5.74, 6) is -0.854. The molecule has 1 saturated carbocycles. The van der Waals surface area contributed by atoms with E-state index in [9.17, 15) is 20.2 Å². The maximum Gasteiger partial charge on any atom is 0.406 e. The number of nitriles is 1. The van der Waals surface area contributed by atoms with Crippen LogP contribution in [0.2, 0.25) is 0 Å². The van der Waals surface area contributed by atoms with Gasteiger partial charge in [-0.1, -0.05) is 19.3 Å². The highest BCUT2D eigenvalue weighted by atomic mass is 16.6.